The zero-order valence-corrected chi connectivity index (χ0v) is 20.5. The molecule has 1 amide bonds. The fourth-order valence-electron chi connectivity index (χ4n) is 6.07. The lowest BCUT2D eigenvalue weighted by Crippen LogP contribution is -2.47. The maximum absolute atomic E-state index is 13.4. The molecule has 0 radical (unpaired) electrons. The second kappa shape index (κ2) is 8.83. The van der Waals surface area contributed by atoms with E-state index in [-0.39, 0.29) is 16.8 Å². The zero-order valence-electron chi connectivity index (χ0n) is 20.5. The molecule has 0 unspecified atom stereocenters. The molecule has 0 aliphatic heterocycles. The molecule has 3 aromatic rings. The minimum Gasteiger partial charge on any atom is -0.377 e. The van der Waals surface area contributed by atoms with Gasteiger partial charge < -0.3 is 10.5 Å². The van der Waals surface area contributed by atoms with E-state index in [1.807, 2.05) is 6.20 Å². The normalized spacial score (nSPS) is 22.9. The standard InChI is InChI=1S/C28H27F4N3O2/c1-26-15-18-16-34-35(22-7-5-21(29)6-8-22)24(18)14-19(26)10-12-27(26,37-2)11-9-17-3-4-20(28(30,31)32)13-23(17)25(33)36/h3-8,13-14,16H,9-12,15H2,1-2H3,(H2,33,36)/t26-,27-/m0/s1. The predicted octanol–water partition coefficient (Wildman–Crippen LogP) is 5.89. The van der Waals surface area contributed by atoms with Crippen molar-refractivity contribution in [2.24, 2.45) is 11.1 Å². The third kappa shape index (κ3) is 4.15. The van der Waals surface area contributed by atoms with E-state index in [1.54, 1.807) is 23.9 Å². The number of carbonyl (C=O) groups is 1. The topological polar surface area (TPSA) is 70.1 Å². The Balaban J connectivity index is 1.45. The highest BCUT2D eigenvalue weighted by molar-refractivity contribution is 5.94. The molecule has 37 heavy (non-hydrogen) atoms. The molecule has 2 aliphatic rings. The average molecular weight is 514 g/mol. The Hall–Kier alpha value is -3.46. The van der Waals surface area contributed by atoms with Gasteiger partial charge >= 0.3 is 6.18 Å². The first kappa shape index (κ1) is 25.2. The van der Waals surface area contributed by atoms with E-state index in [2.05, 4.69) is 18.1 Å². The first-order valence-electron chi connectivity index (χ1n) is 12.1. The number of hydrogen-bond donors (Lipinski definition) is 1. The van der Waals surface area contributed by atoms with Crippen molar-refractivity contribution in [3.8, 4) is 5.69 Å². The molecule has 0 spiro atoms. The number of rotatable bonds is 6. The van der Waals surface area contributed by atoms with Gasteiger partial charge in [-0.3, -0.25) is 4.79 Å². The van der Waals surface area contributed by atoms with E-state index in [1.165, 1.54) is 23.8 Å². The van der Waals surface area contributed by atoms with Gasteiger partial charge in [0.2, 0.25) is 5.91 Å². The summed E-state index contributed by atoms with van der Waals surface area (Å²) in [4.78, 5) is 12.0. The van der Waals surface area contributed by atoms with Gasteiger partial charge in [-0.15, -0.1) is 0 Å². The summed E-state index contributed by atoms with van der Waals surface area (Å²) in [5.41, 5.74) is 7.88. The van der Waals surface area contributed by atoms with Crippen LogP contribution >= 0.6 is 0 Å². The number of amides is 1. The van der Waals surface area contributed by atoms with Crippen LogP contribution in [0.1, 0.15) is 58.9 Å². The molecule has 194 valence electrons. The van der Waals surface area contributed by atoms with Crippen molar-refractivity contribution in [3.63, 3.8) is 0 Å². The highest BCUT2D eigenvalue weighted by atomic mass is 19.4. The van der Waals surface area contributed by atoms with E-state index in [0.29, 0.717) is 24.8 Å². The fraction of sp³-hybridized carbons (Fsp3) is 0.357. The molecule has 5 nitrogen and oxygen atoms in total. The molecule has 1 heterocycles. The summed E-state index contributed by atoms with van der Waals surface area (Å²) < 4.78 is 61.0. The number of nitrogens with two attached hydrogens (primary N) is 1. The van der Waals surface area contributed by atoms with Crippen LogP contribution in [0.4, 0.5) is 17.6 Å². The maximum atomic E-state index is 13.4. The quantitative estimate of drug-likeness (QED) is 0.418. The van der Waals surface area contributed by atoms with Gasteiger partial charge in [0.25, 0.3) is 0 Å². The van der Waals surface area contributed by atoms with Gasteiger partial charge in [-0.25, -0.2) is 9.07 Å². The van der Waals surface area contributed by atoms with Crippen LogP contribution in [-0.4, -0.2) is 28.4 Å². The number of halogens is 4. The summed E-state index contributed by atoms with van der Waals surface area (Å²) in [6, 6.07) is 9.32. The number of primary amides is 1. The van der Waals surface area contributed by atoms with Crippen molar-refractivity contribution < 1.29 is 27.1 Å². The van der Waals surface area contributed by atoms with E-state index >= 15 is 0 Å². The summed E-state index contributed by atoms with van der Waals surface area (Å²) in [6.45, 7) is 2.15. The predicted molar refractivity (Wildman–Crippen MR) is 131 cm³/mol. The van der Waals surface area contributed by atoms with Crippen LogP contribution in [0, 0.1) is 11.2 Å². The van der Waals surface area contributed by atoms with Crippen LogP contribution in [0.2, 0.25) is 0 Å². The highest BCUT2D eigenvalue weighted by Crippen LogP contribution is 2.58. The third-order valence-corrected chi connectivity index (χ3v) is 8.22. The molecule has 2 atom stereocenters. The molecule has 0 bridgehead atoms. The molecular weight excluding hydrogens is 486 g/mol. The minimum atomic E-state index is -4.56. The largest absolute Gasteiger partial charge is 0.416 e. The lowest BCUT2D eigenvalue weighted by atomic mass is 9.65. The zero-order chi connectivity index (χ0) is 26.6. The van der Waals surface area contributed by atoms with Gasteiger partial charge in [-0.05, 0) is 85.7 Å². The molecule has 9 heteroatoms. The number of hydrogen-bond acceptors (Lipinski definition) is 3. The van der Waals surface area contributed by atoms with Gasteiger partial charge in [0, 0.05) is 18.1 Å². The fourth-order valence-corrected chi connectivity index (χ4v) is 6.07. The Bertz CT molecular complexity index is 1390. The lowest BCUT2D eigenvalue weighted by Gasteiger charge is -2.45. The molecule has 1 aromatic heterocycles. The van der Waals surface area contributed by atoms with Crippen LogP contribution in [0.15, 0.2) is 54.2 Å². The summed E-state index contributed by atoms with van der Waals surface area (Å²) in [5.74, 6) is -1.20. The molecule has 2 aliphatic carbocycles. The van der Waals surface area contributed by atoms with Crippen molar-refractivity contribution >= 4 is 12.0 Å². The molecule has 1 fully saturated rings. The monoisotopic (exact) mass is 513 g/mol. The first-order chi connectivity index (χ1) is 17.5. The van der Waals surface area contributed by atoms with Crippen LogP contribution < -0.4 is 5.73 Å². The van der Waals surface area contributed by atoms with E-state index in [4.69, 9.17) is 10.5 Å². The van der Waals surface area contributed by atoms with Gasteiger partial charge in [-0.2, -0.15) is 18.3 Å². The van der Waals surface area contributed by atoms with Gasteiger partial charge in [0.05, 0.1) is 28.7 Å². The number of methoxy groups -OCH3 is 1. The van der Waals surface area contributed by atoms with Crippen molar-refractivity contribution in [2.75, 3.05) is 7.11 Å². The molecule has 0 saturated heterocycles. The Morgan fingerprint density at radius 1 is 1.19 bits per heavy atom. The Morgan fingerprint density at radius 2 is 1.92 bits per heavy atom. The van der Waals surface area contributed by atoms with Crippen molar-refractivity contribution in [2.45, 2.75) is 50.8 Å². The minimum absolute atomic E-state index is 0.119. The summed E-state index contributed by atoms with van der Waals surface area (Å²) in [7, 11) is 1.66. The number of fused-ring (bicyclic) bond motifs is 2. The number of nitrogens with zero attached hydrogens (tertiary/aromatic N) is 2. The van der Waals surface area contributed by atoms with Crippen molar-refractivity contribution in [1.29, 1.82) is 0 Å². The van der Waals surface area contributed by atoms with Crippen LogP contribution in [0.25, 0.3) is 11.8 Å². The number of aromatic nitrogens is 2. The lowest BCUT2D eigenvalue weighted by molar-refractivity contribution is -0.137. The van der Waals surface area contributed by atoms with Crippen LogP contribution in [0.3, 0.4) is 0 Å². The maximum Gasteiger partial charge on any atom is 0.416 e. The van der Waals surface area contributed by atoms with Crippen molar-refractivity contribution in [1.82, 2.24) is 9.78 Å². The average Bonchev–Trinajstić information content (AvgIpc) is 3.38. The highest BCUT2D eigenvalue weighted by Gasteiger charge is 2.56. The van der Waals surface area contributed by atoms with E-state index in [9.17, 15) is 22.4 Å². The smallest absolute Gasteiger partial charge is 0.377 e. The van der Waals surface area contributed by atoms with E-state index in [0.717, 1.165) is 41.9 Å². The first-order valence-corrected chi connectivity index (χ1v) is 12.1. The summed E-state index contributed by atoms with van der Waals surface area (Å²) >= 11 is 0. The Labute approximate surface area is 211 Å². The van der Waals surface area contributed by atoms with Gasteiger partial charge in [0.1, 0.15) is 5.82 Å². The summed E-state index contributed by atoms with van der Waals surface area (Å²) in [6.07, 6.45) is 2.41. The van der Waals surface area contributed by atoms with Crippen LogP contribution in [-0.2, 0) is 23.8 Å². The van der Waals surface area contributed by atoms with Gasteiger partial charge in [-0.1, -0.05) is 18.6 Å². The van der Waals surface area contributed by atoms with Crippen molar-refractivity contribution in [3.05, 3.63) is 88.0 Å². The number of ether oxygens (including phenoxy) is 1. The second-order valence-corrected chi connectivity index (χ2v) is 10.1. The third-order valence-electron chi connectivity index (χ3n) is 8.22. The molecule has 2 aromatic carbocycles. The molecule has 1 saturated carbocycles. The van der Waals surface area contributed by atoms with Gasteiger partial charge in [0.15, 0.2) is 0 Å². The molecule has 2 N–H and O–H groups in total. The van der Waals surface area contributed by atoms with E-state index < -0.39 is 23.2 Å². The SMILES string of the molecule is CO[C@@]1(CCc2ccc(C(F)(F)F)cc2C(N)=O)CCC2=Cc3c(cnn3-c3ccc(F)cc3)C[C@@]21C. The molecule has 5 rings (SSSR count). The number of alkyl halides is 3. The number of benzene rings is 2. The summed E-state index contributed by atoms with van der Waals surface area (Å²) in [5, 5.41) is 4.55. The van der Waals surface area contributed by atoms with Crippen LogP contribution in [0.5, 0.6) is 0 Å². The number of aryl methyl sites for hydroxylation is 1. The molecular formula is C28H27F4N3O2. The Morgan fingerprint density at radius 3 is 2.57 bits per heavy atom. The Kier molecular flexibility index (Phi) is 6.02. The number of carbonyl (C=O) groups excluding carboxylic acids is 1. The second-order valence-electron chi connectivity index (χ2n) is 10.1.